The maximum atomic E-state index is 12.6. The maximum Gasteiger partial charge on any atom is 0.408 e. The van der Waals surface area contributed by atoms with E-state index in [0.717, 1.165) is 67.2 Å². The number of anilines is 3. The predicted octanol–water partition coefficient (Wildman–Crippen LogP) is 4.29. The molecule has 1 N–H and O–H groups in total. The zero-order valence-electron chi connectivity index (χ0n) is 26.0. The van der Waals surface area contributed by atoms with Gasteiger partial charge in [0.15, 0.2) is 23.2 Å². The topological polar surface area (TPSA) is 137 Å². The number of amides is 1. The summed E-state index contributed by atoms with van der Waals surface area (Å²) in [5.74, 6) is 0.933. The second-order valence-electron chi connectivity index (χ2n) is 12.7. The molecule has 0 spiro atoms. The van der Waals surface area contributed by atoms with Gasteiger partial charge in [-0.05, 0) is 83.8 Å². The molecular weight excluding hydrogens is 564 g/mol. The van der Waals surface area contributed by atoms with Gasteiger partial charge in [0.2, 0.25) is 0 Å². The van der Waals surface area contributed by atoms with Gasteiger partial charge in [0.1, 0.15) is 17.5 Å². The molecule has 2 unspecified atom stereocenters. The Labute approximate surface area is 257 Å². The molecule has 3 aromatic rings. The molecule has 13 heteroatoms. The number of ether oxygens (including phenoxy) is 3. The molecule has 3 aliphatic rings. The van der Waals surface area contributed by atoms with Crippen molar-refractivity contribution in [3.8, 4) is 0 Å². The number of nitrogens with zero attached hydrogens (tertiary/aromatic N) is 7. The third-order valence-corrected chi connectivity index (χ3v) is 8.47. The number of piperidine rings is 1. The number of esters is 1. The lowest BCUT2D eigenvalue weighted by atomic mass is 9.89. The summed E-state index contributed by atoms with van der Waals surface area (Å²) in [5.41, 5.74) is 2.88. The quantitative estimate of drug-likeness (QED) is 0.403. The average molecular weight is 607 g/mol. The fraction of sp³-hybridized carbons (Fsp3) is 0.613. The number of hydrogen-bond acceptors (Lipinski definition) is 11. The van der Waals surface area contributed by atoms with Crippen molar-refractivity contribution in [3.63, 3.8) is 0 Å². The highest BCUT2D eigenvalue weighted by Gasteiger charge is 2.36. The molecule has 13 nitrogen and oxygen atoms in total. The molecule has 0 saturated carbocycles. The molecule has 0 aliphatic carbocycles. The molecular formula is C31H42N8O5. The Morgan fingerprint density at radius 3 is 2.64 bits per heavy atom. The molecule has 0 bridgehead atoms. The van der Waals surface area contributed by atoms with Crippen LogP contribution < -0.4 is 15.1 Å². The first kappa shape index (κ1) is 30.0. The molecule has 236 valence electrons. The van der Waals surface area contributed by atoms with Crippen LogP contribution in [0.15, 0.2) is 24.5 Å². The molecule has 2 atom stereocenters. The van der Waals surface area contributed by atoms with Crippen LogP contribution >= 0.6 is 0 Å². The lowest BCUT2D eigenvalue weighted by molar-refractivity contribution is -0.144. The second-order valence-corrected chi connectivity index (χ2v) is 12.7. The highest BCUT2D eigenvalue weighted by Crippen LogP contribution is 2.37. The fourth-order valence-corrected chi connectivity index (χ4v) is 6.34. The van der Waals surface area contributed by atoms with Gasteiger partial charge in [-0.25, -0.2) is 24.2 Å². The smallest absolute Gasteiger partial charge is 0.408 e. The van der Waals surface area contributed by atoms with Crippen LogP contribution in [0.1, 0.15) is 71.2 Å². The van der Waals surface area contributed by atoms with Crippen molar-refractivity contribution < 1.29 is 23.8 Å². The van der Waals surface area contributed by atoms with Gasteiger partial charge in [0.25, 0.3) is 0 Å². The van der Waals surface area contributed by atoms with Gasteiger partial charge in [-0.2, -0.15) is 0 Å². The number of hydrogen-bond donors (Lipinski definition) is 1. The number of aryl methyl sites for hydroxylation is 1. The number of alkyl carbamates (subject to hydrolysis) is 1. The summed E-state index contributed by atoms with van der Waals surface area (Å²) in [5, 5.41) is 7.82. The Hall–Kier alpha value is -4.00. The highest BCUT2D eigenvalue weighted by molar-refractivity contribution is 5.88. The van der Waals surface area contributed by atoms with Crippen molar-refractivity contribution in [2.24, 2.45) is 5.92 Å². The van der Waals surface area contributed by atoms with E-state index in [1.54, 1.807) is 20.8 Å². The SMILES string of the molecule is COC(=O)C(NC(=O)OC(C)(C)C)C1CCN(c2cnc3c(N4CCCc5ncccc54)nn(C4CCCCO4)c3n2)CC1. The molecule has 6 heterocycles. The van der Waals surface area contributed by atoms with Gasteiger partial charge in [-0.3, -0.25) is 4.98 Å². The van der Waals surface area contributed by atoms with Crippen LogP contribution in [0.3, 0.4) is 0 Å². The third kappa shape index (κ3) is 6.28. The highest BCUT2D eigenvalue weighted by atomic mass is 16.6. The minimum atomic E-state index is -0.792. The maximum absolute atomic E-state index is 12.6. The van der Waals surface area contributed by atoms with Gasteiger partial charge >= 0.3 is 12.1 Å². The van der Waals surface area contributed by atoms with Crippen LogP contribution in [0.25, 0.3) is 11.2 Å². The van der Waals surface area contributed by atoms with E-state index in [0.29, 0.717) is 38.2 Å². The molecule has 1 amide bonds. The zero-order valence-corrected chi connectivity index (χ0v) is 26.0. The van der Waals surface area contributed by atoms with E-state index >= 15 is 0 Å². The van der Waals surface area contributed by atoms with Crippen LogP contribution in [0.4, 0.5) is 22.1 Å². The standard InChI is InChI=1S/C31H42N8O5/c1-31(2,3)44-30(41)35-25(29(40)42-4)20-12-16-37(17-13-20)23-19-33-26-27(34-23)39(24-11-5-6-18-43-24)36-28(26)38-15-8-9-21-22(38)10-7-14-32-21/h7,10,14,19-20,24-25H,5-6,8-9,11-13,15-18H2,1-4H3,(H,35,41). The summed E-state index contributed by atoms with van der Waals surface area (Å²) in [6, 6.07) is 3.26. The monoisotopic (exact) mass is 606 g/mol. The molecule has 0 radical (unpaired) electrons. The van der Waals surface area contributed by atoms with Crippen molar-refractivity contribution in [2.75, 3.05) is 43.2 Å². The van der Waals surface area contributed by atoms with E-state index in [1.807, 2.05) is 23.1 Å². The predicted molar refractivity (Wildman–Crippen MR) is 164 cm³/mol. The number of aromatic nitrogens is 5. The van der Waals surface area contributed by atoms with E-state index in [-0.39, 0.29) is 12.1 Å². The van der Waals surface area contributed by atoms with Crippen LogP contribution in [0.2, 0.25) is 0 Å². The zero-order chi connectivity index (χ0) is 30.8. The second kappa shape index (κ2) is 12.5. The van der Waals surface area contributed by atoms with Crippen molar-refractivity contribution in [1.82, 2.24) is 30.0 Å². The minimum Gasteiger partial charge on any atom is -0.467 e. The molecule has 2 fully saturated rings. The number of methoxy groups -OCH3 is 1. The van der Waals surface area contributed by atoms with Gasteiger partial charge < -0.3 is 29.3 Å². The lowest BCUT2D eigenvalue weighted by Crippen LogP contribution is -2.51. The van der Waals surface area contributed by atoms with Gasteiger partial charge in [-0.1, -0.05) is 0 Å². The number of rotatable bonds is 6. The first-order chi connectivity index (χ1) is 21.2. The summed E-state index contributed by atoms with van der Waals surface area (Å²) in [4.78, 5) is 44.2. The van der Waals surface area contributed by atoms with Crippen LogP contribution in [-0.4, -0.2) is 81.8 Å². The number of fused-ring (bicyclic) bond motifs is 2. The molecule has 3 aromatic heterocycles. The van der Waals surface area contributed by atoms with Gasteiger partial charge in [0, 0.05) is 32.4 Å². The van der Waals surface area contributed by atoms with Crippen molar-refractivity contribution >= 4 is 40.5 Å². The molecule has 6 rings (SSSR count). The van der Waals surface area contributed by atoms with Crippen molar-refractivity contribution in [2.45, 2.75) is 83.6 Å². The average Bonchev–Trinajstić information content (AvgIpc) is 3.41. The van der Waals surface area contributed by atoms with E-state index in [9.17, 15) is 9.59 Å². The molecule has 3 aliphatic heterocycles. The number of nitrogens with one attached hydrogen (secondary N) is 1. The Morgan fingerprint density at radius 1 is 1.09 bits per heavy atom. The Bertz CT molecular complexity index is 1490. The molecule has 0 aromatic carbocycles. The van der Waals surface area contributed by atoms with E-state index < -0.39 is 23.7 Å². The number of pyridine rings is 1. The fourth-order valence-electron chi connectivity index (χ4n) is 6.34. The Morgan fingerprint density at radius 2 is 1.91 bits per heavy atom. The van der Waals surface area contributed by atoms with Gasteiger partial charge in [0.05, 0.1) is 24.7 Å². The summed E-state index contributed by atoms with van der Waals surface area (Å²) in [6.07, 6.45) is 9.02. The molecule has 44 heavy (non-hydrogen) atoms. The van der Waals surface area contributed by atoms with Gasteiger partial charge in [-0.15, -0.1) is 5.10 Å². The first-order valence-electron chi connectivity index (χ1n) is 15.6. The van der Waals surface area contributed by atoms with Crippen LogP contribution in [0, 0.1) is 5.92 Å². The lowest BCUT2D eigenvalue weighted by Gasteiger charge is -2.36. The van der Waals surface area contributed by atoms with Crippen LogP contribution in [0.5, 0.6) is 0 Å². The summed E-state index contributed by atoms with van der Waals surface area (Å²) in [6.45, 7) is 8.15. The Kier molecular flexibility index (Phi) is 8.57. The van der Waals surface area contributed by atoms with Crippen molar-refractivity contribution in [1.29, 1.82) is 0 Å². The number of carbonyl (C=O) groups excluding carboxylic acids is 2. The summed E-state index contributed by atoms with van der Waals surface area (Å²) >= 11 is 0. The van der Waals surface area contributed by atoms with Crippen molar-refractivity contribution in [3.05, 3.63) is 30.2 Å². The first-order valence-corrected chi connectivity index (χ1v) is 15.6. The molecule has 2 saturated heterocycles. The summed E-state index contributed by atoms with van der Waals surface area (Å²) in [7, 11) is 1.33. The summed E-state index contributed by atoms with van der Waals surface area (Å²) < 4.78 is 18.5. The van der Waals surface area contributed by atoms with E-state index in [1.165, 1.54) is 7.11 Å². The third-order valence-electron chi connectivity index (χ3n) is 8.47. The number of carbonyl (C=O) groups is 2. The van der Waals surface area contributed by atoms with E-state index in [2.05, 4.69) is 26.2 Å². The minimum absolute atomic E-state index is 0.108. The van der Waals surface area contributed by atoms with Crippen LogP contribution in [-0.2, 0) is 25.4 Å². The normalized spacial score (nSPS) is 20.2. The van der Waals surface area contributed by atoms with E-state index in [4.69, 9.17) is 29.3 Å². The Balaban J connectivity index is 1.25. The largest absolute Gasteiger partial charge is 0.467 e.